The lowest BCUT2D eigenvalue weighted by Crippen LogP contribution is -2.39. The summed E-state index contributed by atoms with van der Waals surface area (Å²) in [6, 6.07) is 0.818. The second-order valence-electron chi connectivity index (χ2n) is 3.31. The number of nitrogens with zero attached hydrogens (tertiary/aromatic N) is 2. The van der Waals surface area contributed by atoms with Crippen LogP contribution in [0.5, 0.6) is 0 Å². The van der Waals surface area contributed by atoms with Crippen molar-refractivity contribution < 1.29 is 0 Å². The molecule has 0 saturated carbocycles. The van der Waals surface area contributed by atoms with Gasteiger partial charge in [-0.3, -0.25) is 4.31 Å². The average Bonchev–Trinajstić information content (AvgIpc) is 2.05. The molecule has 1 aliphatic rings. The molecule has 0 aromatic rings. The van der Waals surface area contributed by atoms with E-state index in [1.54, 1.807) is 0 Å². The number of hydrogen-bond acceptors (Lipinski definition) is 3. The summed E-state index contributed by atoms with van der Waals surface area (Å²) < 4.78 is 2.44. The minimum Gasteiger partial charge on any atom is -0.306 e. The van der Waals surface area contributed by atoms with Crippen LogP contribution in [0.2, 0.25) is 0 Å². The van der Waals surface area contributed by atoms with E-state index in [9.17, 15) is 0 Å². The molecule has 11 heavy (non-hydrogen) atoms. The highest BCUT2D eigenvalue weighted by Crippen LogP contribution is 2.18. The maximum atomic E-state index is 2.44. The van der Waals surface area contributed by atoms with Crippen molar-refractivity contribution in [2.45, 2.75) is 18.9 Å². The predicted octanol–water partition coefficient (Wildman–Crippen LogP) is 1.29. The first-order chi connectivity index (χ1) is 5.24. The van der Waals surface area contributed by atoms with E-state index in [1.165, 1.54) is 25.9 Å². The molecular weight excluding hydrogens is 156 g/mol. The van der Waals surface area contributed by atoms with Crippen LogP contribution in [0.3, 0.4) is 0 Å². The van der Waals surface area contributed by atoms with Crippen molar-refractivity contribution in [3.05, 3.63) is 0 Å². The van der Waals surface area contributed by atoms with Crippen LogP contribution in [0.1, 0.15) is 12.8 Å². The lowest BCUT2D eigenvalue weighted by atomic mass is 10.1. The summed E-state index contributed by atoms with van der Waals surface area (Å²) in [6.45, 7) is 2.51. The Balaban J connectivity index is 2.24. The van der Waals surface area contributed by atoms with Crippen molar-refractivity contribution in [1.82, 2.24) is 9.21 Å². The van der Waals surface area contributed by atoms with Gasteiger partial charge in [0.25, 0.3) is 0 Å². The van der Waals surface area contributed by atoms with Crippen LogP contribution in [0.25, 0.3) is 0 Å². The van der Waals surface area contributed by atoms with Crippen molar-refractivity contribution >= 4 is 11.9 Å². The molecule has 66 valence electrons. The van der Waals surface area contributed by atoms with E-state index in [1.807, 2.05) is 11.9 Å². The summed E-state index contributed by atoms with van der Waals surface area (Å²) in [5.74, 6) is 0. The van der Waals surface area contributed by atoms with Crippen molar-refractivity contribution in [3.63, 3.8) is 0 Å². The Labute approximate surface area is 74.1 Å². The molecule has 1 rings (SSSR count). The first-order valence-corrected chi connectivity index (χ1v) is 5.37. The highest BCUT2D eigenvalue weighted by atomic mass is 32.2. The minimum atomic E-state index is 0.818. The average molecular weight is 174 g/mol. The van der Waals surface area contributed by atoms with E-state index in [0.29, 0.717) is 0 Å². The third-order valence-electron chi connectivity index (χ3n) is 2.41. The van der Waals surface area contributed by atoms with Gasteiger partial charge in [0, 0.05) is 19.1 Å². The Hall–Kier alpha value is 0.270. The fraction of sp³-hybridized carbons (Fsp3) is 1.00. The van der Waals surface area contributed by atoms with Gasteiger partial charge in [-0.25, -0.2) is 0 Å². The van der Waals surface area contributed by atoms with Crippen molar-refractivity contribution in [2.24, 2.45) is 0 Å². The van der Waals surface area contributed by atoms with Crippen molar-refractivity contribution in [1.29, 1.82) is 0 Å². The first kappa shape index (κ1) is 9.36. The van der Waals surface area contributed by atoms with Gasteiger partial charge in [-0.05, 0) is 33.2 Å². The van der Waals surface area contributed by atoms with Gasteiger partial charge in [0.15, 0.2) is 0 Å². The van der Waals surface area contributed by atoms with Gasteiger partial charge in [-0.2, -0.15) is 0 Å². The lowest BCUT2D eigenvalue weighted by molar-refractivity contribution is 0.204. The number of rotatable bonds is 2. The lowest BCUT2D eigenvalue weighted by Gasteiger charge is -2.33. The van der Waals surface area contributed by atoms with E-state index in [0.717, 1.165) is 6.04 Å². The molecule has 0 aromatic heterocycles. The second kappa shape index (κ2) is 4.33. The van der Waals surface area contributed by atoms with Gasteiger partial charge in [-0.15, -0.1) is 0 Å². The maximum absolute atomic E-state index is 2.44. The van der Waals surface area contributed by atoms with Gasteiger partial charge in [0.05, 0.1) is 0 Å². The van der Waals surface area contributed by atoms with Gasteiger partial charge in [0.1, 0.15) is 0 Å². The second-order valence-corrected chi connectivity index (χ2v) is 4.19. The van der Waals surface area contributed by atoms with E-state index in [-0.39, 0.29) is 0 Å². The fourth-order valence-corrected chi connectivity index (χ4v) is 2.12. The first-order valence-electron chi connectivity index (χ1n) is 4.19. The van der Waals surface area contributed by atoms with Gasteiger partial charge in [0.2, 0.25) is 0 Å². The van der Waals surface area contributed by atoms with Crippen LogP contribution >= 0.6 is 11.9 Å². The van der Waals surface area contributed by atoms with Gasteiger partial charge >= 0.3 is 0 Å². The highest BCUT2D eigenvalue weighted by molar-refractivity contribution is 7.96. The monoisotopic (exact) mass is 174 g/mol. The molecule has 0 radical (unpaired) electrons. The Bertz CT molecular complexity index is 109. The van der Waals surface area contributed by atoms with Crippen LogP contribution in [-0.4, -0.2) is 48.7 Å². The van der Waals surface area contributed by atoms with Crippen LogP contribution in [0.4, 0.5) is 0 Å². The predicted molar refractivity (Wildman–Crippen MR) is 51.8 cm³/mol. The van der Waals surface area contributed by atoms with E-state index in [4.69, 9.17) is 0 Å². The van der Waals surface area contributed by atoms with Crippen LogP contribution in [-0.2, 0) is 0 Å². The molecule has 0 unspecified atom stereocenters. The van der Waals surface area contributed by atoms with Crippen LogP contribution in [0.15, 0.2) is 0 Å². The van der Waals surface area contributed by atoms with Gasteiger partial charge in [-0.1, -0.05) is 11.9 Å². The molecule has 0 bridgehead atoms. The summed E-state index contributed by atoms with van der Waals surface area (Å²) in [7, 11) is 4.36. The molecule has 0 aromatic carbocycles. The van der Waals surface area contributed by atoms with Crippen LogP contribution < -0.4 is 0 Å². The molecule has 0 N–H and O–H groups in total. The Morgan fingerprint density at radius 3 is 2.18 bits per heavy atom. The van der Waals surface area contributed by atoms with E-state index < -0.39 is 0 Å². The fourth-order valence-electron chi connectivity index (χ4n) is 1.54. The molecule has 1 saturated heterocycles. The number of hydrogen-bond donors (Lipinski definition) is 0. The molecule has 2 nitrogen and oxygen atoms in total. The number of piperidine rings is 1. The Kier molecular flexibility index (Phi) is 3.69. The Morgan fingerprint density at radius 2 is 1.82 bits per heavy atom. The molecule has 0 amide bonds. The van der Waals surface area contributed by atoms with E-state index >= 15 is 0 Å². The summed E-state index contributed by atoms with van der Waals surface area (Å²) in [5, 5.41) is 0. The quantitative estimate of drug-likeness (QED) is 0.583. The highest BCUT2D eigenvalue weighted by Gasteiger charge is 2.19. The third-order valence-corrected chi connectivity index (χ3v) is 3.29. The molecule has 0 atom stereocenters. The summed E-state index contributed by atoms with van der Waals surface area (Å²) in [4.78, 5) is 2.34. The summed E-state index contributed by atoms with van der Waals surface area (Å²) >= 11 is 1.87. The molecular formula is C8H18N2S. The molecule has 1 fully saturated rings. The zero-order valence-corrected chi connectivity index (χ0v) is 8.52. The zero-order valence-electron chi connectivity index (χ0n) is 7.71. The molecule has 1 aliphatic heterocycles. The SMILES string of the molecule is CSN1CCC(N(C)C)CC1. The van der Waals surface area contributed by atoms with Crippen LogP contribution in [0, 0.1) is 0 Å². The standard InChI is InChI=1S/C8H18N2S/c1-9(2)8-4-6-10(11-3)7-5-8/h8H,4-7H2,1-3H3. The zero-order chi connectivity index (χ0) is 8.27. The molecule has 3 heteroatoms. The van der Waals surface area contributed by atoms with Gasteiger partial charge < -0.3 is 4.90 Å². The Morgan fingerprint density at radius 1 is 1.27 bits per heavy atom. The summed E-state index contributed by atoms with van der Waals surface area (Å²) in [5.41, 5.74) is 0. The van der Waals surface area contributed by atoms with E-state index in [2.05, 4.69) is 29.6 Å². The van der Waals surface area contributed by atoms with Crippen molar-refractivity contribution in [2.75, 3.05) is 33.4 Å². The van der Waals surface area contributed by atoms with Crippen molar-refractivity contribution in [3.8, 4) is 0 Å². The molecule has 1 heterocycles. The summed E-state index contributed by atoms with van der Waals surface area (Å²) in [6.07, 6.45) is 4.82. The normalized spacial score (nSPS) is 22.9. The maximum Gasteiger partial charge on any atom is 0.0114 e. The smallest absolute Gasteiger partial charge is 0.0114 e. The topological polar surface area (TPSA) is 6.48 Å². The molecule has 0 aliphatic carbocycles. The minimum absolute atomic E-state index is 0.818. The third kappa shape index (κ3) is 2.65. The largest absolute Gasteiger partial charge is 0.306 e. The molecule has 0 spiro atoms.